The molecule has 0 fully saturated rings. The molecule has 2 rings (SSSR count). The summed E-state index contributed by atoms with van der Waals surface area (Å²) in [6.07, 6.45) is 0.873. The largest absolute Gasteiger partial charge is 0.385 e. The van der Waals surface area contributed by atoms with Crippen molar-refractivity contribution < 1.29 is 4.74 Å². The average molecular weight is 384 g/mol. The molecule has 0 aliphatic heterocycles. The van der Waals surface area contributed by atoms with Gasteiger partial charge in [0.1, 0.15) is 11.0 Å². The predicted molar refractivity (Wildman–Crippen MR) is 118 cm³/mol. The molecule has 0 aliphatic carbocycles. The van der Waals surface area contributed by atoms with E-state index in [1.54, 1.807) is 7.11 Å². The van der Waals surface area contributed by atoms with Crippen LogP contribution < -0.4 is 9.62 Å². The third-order valence-electron chi connectivity index (χ3n) is 4.58. The Bertz CT molecular complexity index is 865. The summed E-state index contributed by atoms with van der Waals surface area (Å²) in [5.74, 6) is 0. The quantitative estimate of drug-likeness (QED) is 0.501. The lowest BCUT2D eigenvalue weighted by Gasteiger charge is -2.25. The molecule has 0 amide bonds. The lowest BCUT2D eigenvalue weighted by molar-refractivity contribution is 0.173. The first-order valence-electron chi connectivity index (χ1n) is 9.03. The van der Waals surface area contributed by atoms with Crippen LogP contribution in [0.25, 0.3) is 16.3 Å². The highest BCUT2D eigenvalue weighted by Crippen LogP contribution is 2.30. The van der Waals surface area contributed by atoms with Gasteiger partial charge in [-0.2, -0.15) is 5.26 Å². The number of hydrogen-bond acceptors (Lipinski definition) is 5. The van der Waals surface area contributed by atoms with Gasteiger partial charge < -0.3 is 9.64 Å². The number of hydrogen-bond donors (Lipinski definition) is 1. The van der Waals surface area contributed by atoms with Crippen molar-refractivity contribution in [3.05, 3.63) is 46.9 Å². The standard InChI is InChI=1S/C22H29N3OS/c1-16(21(15-23)27-24-22(2,3)11-12-26-6)17-7-8-19-14-20(25(4)5)10-9-18(19)13-17/h7-10,13-14,24H,11-12H2,1-6H3/b21-16+. The molecule has 0 aliphatic rings. The second-order valence-corrected chi connectivity index (χ2v) is 8.35. The van der Waals surface area contributed by atoms with Gasteiger partial charge in [-0.25, -0.2) is 0 Å². The first-order chi connectivity index (χ1) is 12.8. The molecular weight excluding hydrogens is 354 g/mol. The number of nitrogens with zero attached hydrogens (tertiary/aromatic N) is 2. The van der Waals surface area contributed by atoms with Crippen LogP contribution in [0.1, 0.15) is 32.8 Å². The van der Waals surface area contributed by atoms with E-state index in [0.717, 1.165) is 17.6 Å². The van der Waals surface area contributed by atoms with Crippen LogP contribution in [0, 0.1) is 11.3 Å². The highest BCUT2D eigenvalue weighted by Gasteiger charge is 2.18. The molecule has 0 unspecified atom stereocenters. The maximum Gasteiger partial charge on any atom is 0.108 e. The van der Waals surface area contributed by atoms with Gasteiger partial charge in [0.2, 0.25) is 0 Å². The third-order valence-corrected chi connectivity index (χ3v) is 5.83. The number of ether oxygens (including phenoxy) is 1. The van der Waals surface area contributed by atoms with Crippen molar-refractivity contribution in [1.29, 1.82) is 5.26 Å². The highest BCUT2D eigenvalue weighted by atomic mass is 32.2. The number of nitriles is 1. The zero-order valence-electron chi connectivity index (χ0n) is 17.1. The van der Waals surface area contributed by atoms with Crippen LogP contribution in [0.15, 0.2) is 41.3 Å². The van der Waals surface area contributed by atoms with Gasteiger partial charge in [0.05, 0.1) is 0 Å². The maximum absolute atomic E-state index is 9.64. The summed E-state index contributed by atoms with van der Waals surface area (Å²) in [5.41, 5.74) is 3.12. The number of anilines is 1. The molecule has 0 bridgehead atoms. The molecule has 0 saturated heterocycles. The average Bonchev–Trinajstić information content (AvgIpc) is 2.65. The molecule has 2 aromatic carbocycles. The third kappa shape index (κ3) is 5.74. The Morgan fingerprint density at radius 3 is 2.48 bits per heavy atom. The van der Waals surface area contributed by atoms with Crippen molar-refractivity contribution in [3.63, 3.8) is 0 Å². The Balaban J connectivity index is 2.25. The molecule has 0 heterocycles. The Labute approximate surface area is 167 Å². The monoisotopic (exact) mass is 383 g/mol. The van der Waals surface area contributed by atoms with Crippen molar-refractivity contribution in [3.8, 4) is 6.07 Å². The Kier molecular flexibility index (Phi) is 7.32. The Hall–Kier alpha value is -2.00. The molecule has 1 N–H and O–H groups in total. The normalized spacial score (nSPS) is 12.6. The minimum Gasteiger partial charge on any atom is -0.385 e. The van der Waals surface area contributed by atoms with E-state index in [0.29, 0.717) is 11.5 Å². The summed E-state index contributed by atoms with van der Waals surface area (Å²) in [6.45, 7) is 6.92. The van der Waals surface area contributed by atoms with Gasteiger partial charge in [-0.15, -0.1) is 0 Å². The van der Waals surface area contributed by atoms with E-state index in [2.05, 4.69) is 65.9 Å². The van der Waals surface area contributed by atoms with Gasteiger partial charge in [-0.1, -0.05) is 18.2 Å². The van der Waals surface area contributed by atoms with Crippen LogP contribution in [0.5, 0.6) is 0 Å². The number of rotatable bonds is 8. The summed E-state index contributed by atoms with van der Waals surface area (Å²) in [4.78, 5) is 2.78. The molecule has 0 aromatic heterocycles. The summed E-state index contributed by atoms with van der Waals surface area (Å²) in [5, 5.41) is 12.0. The number of fused-ring (bicyclic) bond motifs is 1. The molecule has 0 atom stereocenters. The molecule has 0 radical (unpaired) electrons. The van der Waals surface area contributed by atoms with Gasteiger partial charge in [0, 0.05) is 39.0 Å². The zero-order valence-corrected chi connectivity index (χ0v) is 17.9. The van der Waals surface area contributed by atoms with E-state index in [-0.39, 0.29) is 5.54 Å². The molecule has 5 heteroatoms. The van der Waals surface area contributed by atoms with E-state index in [9.17, 15) is 5.26 Å². The van der Waals surface area contributed by atoms with Gasteiger partial charge in [0.15, 0.2) is 0 Å². The summed E-state index contributed by atoms with van der Waals surface area (Å²) in [6, 6.07) is 15.1. The van der Waals surface area contributed by atoms with E-state index >= 15 is 0 Å². The fourth-order valence-corrected chi connectivity index (χ4v) is 3.45. The second kappa shape index (κ2) is 9.27. The lowest BCUT2D eigenvalue weighted by Crippen LogP contribution is -2.35. The van der Waals surface area contributed by atoms with Gasteiger partial charge >= 0.3 is 0 Å². The van der Waals surface area contributed by atoms with Crippen molar-refractivity contribution >= 4 is 34.0 Å². The van der Waals surface area contributed by atoms with Gasteiger partial charge in [0.25, 0.3) is 0 Å². The van der Waals surface area contributed by atoms with Crippen LogP contribution in [-0.2, 0) is 4.74 Å². The Morgan fingerprint density at radius 1 is 1.19 bits per heavy atom. The topological polar surface area (TPSA) is 48.3 Å². The number of methoxy groups -OCH3 is 1. The van der Waals surface area contributed by atoms with Crippen LogP contribution in [-0.4, -0.2) is 33.4 Å². The van der Waals surface area contributed by atoms with E-state index in [1.807, 2.05) is 21.0 Å². The van der Waals surface area contributed by atoms with Crippen molar-refractivity contribution in [1.82, 2.24) is 4.72 Å². The second-order valence-electron chi connectivity index (χ2n) is 7.54. The number of benzene rings is 2. The van der Waals surface area contributed by atoms with Crippen LogP contribution in [0.2, 0.25) is 0 Å². The van der Waals surface area contributed by atoms with E-state index < -0.39 is 0 Å². The summed E-state index contributed by atoms with van der Waals surface area (Å²) in [7, 11) is 5.79. The van der Waals surface area contributed by atoms with Gasteiger partial charge in [-0.05, 0) is 79.2 Å². The lowest BCUT2D eigenvalue weighted by atomic mass is 10.0. The fraction of sp³-hybridized carbons (Fsp3) is 0.409. The van der Waals surface area contributed by atoms with Crippen molar-refractivity contribution in [2.75, 3.05) is 32.7 Å². The molecule has 144 valence electrons. The summed E-state index contributed by atoms with van der Waals surface area (Å²) >= 11 is 1.40. The minimum atomic E-state index is -0.116. The predicted octanol–water partition coefficient (Wildman–Crippen LogP) is 5.21. The van der Waals surface area contributed by atoms with Crippen molar-refractivity contribution in [2.45, 2.75) is 32.7 Å². The zero-order chi connectivity index (χ0) is 20.0. The number of allylic oxidation sites excluding steroid dienone is 2. The van der Waals surface area contributed by atoms with E-state index in [4.69, 9.17) is 4.74 Å². The molecule has 0 spiro atoms. The Morgan fingerprint density at radius 2 is 1.85 bits per heavy atom. The molecule has 27 heavy (non-hydrogen) atoms. The molecule has 0 saturated carbocycles. The van der Waals surface area contributed by atoms with Gasteiger partial charge in [-0.3, -0.25) is 4.72 Å². The van der Waals surface area contributed by atoms with Crippen molar-refractivity contribution in [2.24, 2.45) is 0 Å². The fourth-order valence-electron chi connectivity index (χ4n) is 2.66. The maximum atomic E-state index is 9.64. The van der Waals surface area contributed by atoms with E-state index in [1.165, 1.54) is 28.4 Å². The molecule has 4 nitrogen and oxygen atoms in total. The summed E-state index contributed by atoms with van der Waals surface area (Å²) < 4.78 is 8.57. The van der Waals surface area contributed by atoms with Crippen LogP contribution in [0.3, 0.4) is 0 Å². The SMILES string of the molecule is COCCC(C)(C)NS/C(C#N)=C(\C)c1ccc2cc(N(C)C)ccc2c1. The molecule has 2 aromatic rings. The van der Waals surface area contributed by atoms with Crippen LogP contribution in [0.4, 0.5) is 5.69 Å². The van der Waals surface area contributed by atoms with Crippen LogP contribution >= 0.6 is 11.9 Å². The highest BCUT2D eigenvalue weighted by molar-refractivity contribution is 8.01. The smallest absolute Gasteiger partial charge is 0.108 e. The number of nitrogens with one attached hydrogen (secondary N) is 1. The molecular formula is C22H29N3OS. The minimum absolute atomic E-state index is 0.116. The first-order valence-corrected chi connectivity index (χ1v) is 9.84. The first kappa shape index (κ1) is 21.3.